The predicted octanol–water partition coefficient (Wildman–Crippen LogP) is 2.94. The van der Waals surface area contributed by atoms with E-state index in [9.17, 15) is 0 Å². The van der Waals surface area contributed by atoms with Crippen LogP contribution in [0.3, 0.4) is 0 Å². The zero-order valence-electron chi connectivity index (χ0n) is 11.8. The molecule has 100 valence electrons. The van der Waals surface area contributed by atoms with Crippen LogP contribution < -0.4 is 10.6 Å². The van der Waals surface area contributed by atoms with Crippen molar-refractivity contribution in [1.82, 2.24) is 10.6 Å². The van der Waals surface area contributed by atoms with Crippen LogP contribution in [0.25, 0.3) is 0 Å². The summed E-state index contributed by atoms with van der Waals surface area (Å²) in [5.74, 6) is 0. The van der Waals surface area contributed by atoms with E-state index in [4.69, 9.17) is 0 Å². The van der Waals surface area contributed by atoms with E-state index < -0.39 is 0 Å². The number of hydrogen-bond acceptors (Lipinski definition) is 2. The number of piperidine rings is 1. The molecule has 1 saturated carbocycles. The minimum Gasteiger partial charge on any atom is -0.316 e. The quantitative estimate of drug-likeness (QED) is 0.712. The molecule has 1 heterocycles. The van der Waals surface area contributed by atoms with Gasteiger partial charge in [0.2, 0.25) is 0 Å². The monoisotopic (exact) mass is 238 g/mol. The molecule has 2 N–H and O–H groups in total. The van der Waals surface area contributed by atoms with Crippen molar-refractivity contribution < 1.29 is 0 Å². The molecule has 0 spiro atoms. The highest BCUT2D eigenvalue weighted by molar-refractivity contribution is 4.95. The number of rotatable bonds is 7. The second kappa shape index (κ2) is 5.71. The summed E-state index contributed by atoms with van der Waals surface area (Å²) in [7, 11) is 0. The molecular weight excluding hydrogens is 208 g/mol. The standard InChI is InChI=1S/C15H30N2/c1-3-6-15(8-9-15)13-17-12-14(4-2)7-5-10-16-11-14/h16-17H,3-13H2,1-2H3. The summed E-state index contributed by atoms with van der Waals surface area (Å²) in [4.78, 5) is 0. The fourth-order valence-electron chi connectivity index (χ4n) is 3.42. The lowest BCUT2D eigenvalue weighted by Gasteiger charge is -2.37. The highest BCUT2D eigenvalue weighted by Crippen LogP contribution is 2.49. The molecule has 1 aliphatic carbocycles. The van der Waals surface area contributed by atoms with Gasteiger partial charge in [0.25, 0.3) is 0 Å². The van der Waals surface area contributed by atoms with Gasteiger partial charge in [-0.25, -0.2) is 0 Å². The maximum Gasteiger partial charge on any atom is 0.00201 e. The van der Waals surface area contributed by atoms with Crippen molar-refractivity contribution in [2.45, 2.75) is 58.8 Å². The molecule has 1 unspecified atom stereocenters. The third-order valence-corrected chi connectivity index (χ3v) is 5.05. The minimum absolute atomic E-state index is 0.542. The van der Waals surface area contributed by atoms with Gasteiger partial charge in [-0.15, -0.1) is 0 Å². The summed E-state index contributed by atoms with van der Waals surface area (Å²) >= 11 is 0. The fourth-order valence-corrected chi connectivity index (χ4v) is 3.42. The van der Waals surface area contributed by atoms with Crippen molar-refractivity contribution in [2.24, 2.45) is 10.8 Å². The van der Waals surface area contributed by atoms with E-state index in [1.807, 2.05) is 0 Å². The Balaban J connectivity index is 1.72. The van der Waals surface area contributed by atoms with Crippen molar-refractivity contribution >= 4 is 0 Å². The topological polar surface area (TPSA) is 24.1 Å². The summed E-state index contributed by atoms with van der Waals surface area (Å²) in [6.45, 7) is 9.61. The van der Waals surface area contributed by atoms with Crippen molar-refractivity contribution in [3.63, 3.8) is 0 Å². The van der Waals surface area contributed by atoms with Gasteiger partial charge in [-0.2, -0.15) is 0 Å². The molecule has 0 amide bonds. The summed E-state index contributed by atoms with van der Waals surface area (Å²) in [5.41, 5.74) is 1.24. The fraction of sp³-hybridized carbons (Fsp3) is 1.00. The van der Waals surface area contributed by atoms with Crippen molar-refractivity contribution in [1.29, 1.82) is 0 Å². The Morgan fingerprint density at radius 1 is 1.06 bits per heavy atom. The van der Waals surface area contributed by atoms with E-state index in [1.165, 1.54) is 71.1 Å². The molecule has 2 aliphatic rings. The largest absolute Gasteiger partial charge is 0.316 e. The second-order valence-electron chi connectivity index (χ2n) is 6.49. The molecule has 1 atom stereocenters. The Morgan fingerprint density at radius 3 is 2.35 bits per heavy atom. The van der Waals surface area contributed by atoms with Crippen LogP contribution in [0.1, 0.15) is 58.8 Å². The molecule has 0 bridgehead atoms. The molecule has 0 aromatic carbocycles. The van der Waals surface area contributed by atoms with Gasteiger partial charge < -0.3 is 10.6 Å². The maximum atomic E-state index is 3.79. The zero-order chi connectivity index (χ0) is 12.2. The lowest BCUT2D eigenvalue weighted by atomic mass is 9.78. The van der Waals surface area contributed by atoms with E-state index in [0.29, 0.717) is 10.8 Å². The molecule has 1 aliphatic heterocycles. The average molecular weight is 238 g/mol. The van der Waals surface area contributed by atoms with Gasteiger partial charge in [-0.3, -0.25) is 0 Å². The summed E-state index contributed by atoms with van der Waals surface area (Å²) in [6.07, 6.45) is 9.78. The van der Waals surface area contributed by atoms with Crippen LogP contribution in [0.4, 0.5) is 0 Å². The van der Waals surface area contributed by atoms with Crippen LogP contribution in [0.5, 0.6) is 0 Å². The molecule has 2 nitrogen and oxygen atoms in total. The Bertz CT molecular complexity index is 227. The maximum absolute atomic E-state index is 3.79. The molecule has 0 aromatic heterocycles. The molecule has 2 fully saturated rings. The van der Waals surface area contributed by atoms with Crippen molar-refractivity contribution in [3.8, 4) is 0 Å². The van der Waals surface area contributed by atoms with Crippen LogP contribution in [0.15, 0.2) is 0 Å². The molecule has 0 radical (unpaired) electrons. The Labute approximate surface area is 107 Å². The minimum atomic E-state index is 0.542. The van der Waals surface area contributed by atoms with Crippen LogP contribution in [0, 0.1) is 10.8 Å². The highest BCUT2D eigenvalue weighted by Gasteiger charge is 2.41. The molecule has 0 aromatic rings. The van der Waals surface area contributed by atoms with Crippen LogP contribution in [-0.2, 0) is 0 Å². The van der Waals surface area contributed by atoms with Gasteiger partial charge in [0.1, 0.15) is 0 Å². The molecular formula is C15H30N2. The first-order valence-corrected chi connectivity index (χ1v) is 7.66. The average Bonchev–Trinajstić information content (AvgIpc) is 3.11. The second-order valence-corrected chi connectivity index (χ2v) is 6.49. The Morgan fingerprint density at radius 2 is 1.82 bits per heavy atom. The van der Waals surface area contributed by atoms with Crippen LogP contribution >= 0.6 is 0 Å². The zero-order valence-corrected chi connectivity index (χ0v) is 11.8. The van der Waals surface area contributed by atoms with E-state index in [-0.39, 0.29) is 0 Å². The molecule has 17 heavy (non-hydrogen) atoms. The SMILES string of the molecule is CCCC1(CNCC2(CC)CCCNC2)CC1. The number of hydrogen-bond donors (Lipinski definition) is 2. The van der Waals surface area contributed by atoms with E-state index >= 15 is 0 Å². The van der Waals surface area contributed by atoms with Crippen molar-refractivity contribution in [3.05, 3.63) is 0 Å². The van der Waals surface area contributed by atoms with Gasteiger partial charge in [0.15, 0.2) is 0 Å². The van der Waals surface area contributed by atoms with E-state index in [2.05, 4.69) is 24.5 Å². The summed E-state index contributed by atoms with van der Waals surface area (Å²) in [5, 5.41) is 7.37. The van der Waals surface area contributed by atoms with E-state index in [0.717, 1.165) is 0 Å². The summed E-state index contributed by atoms with van der Waals surface area (Å²) in [6, 6.07) is 0. The van der Waals surface area contributed by atoms with E-state index in [1.54, 1.807) is 0 Å². The van der Waals surface area contributed by atoms with Gasteiger partial charge in [-0.1, -0.05) is 20.3 Å². The number of nitrogens with one attached hydrogen (secondary N) is 2. The Kier molecular flexibility index (Phi) is 4.48. The van der Waals surface area contributed by atoms with Gasteiger partial charge in [-0.05, 0) is 55.9 Å². The molecule has 2 heteroatoms. The smallest absolute Gasteiger partial charge is 0.00201 e. The lowest BCUT2D eigenvalue weighted by molar-refractivity contribution is 0.187. The van der Waals surface area contributed by atoms with Crippen LogP contribution in [0.2, 0.25) is 0 Å². The molecule has 1 saturated heterocycles. The van der Waals surface area contributed by atoms with Gasteiger partial charge in [0.05, 0.1) is 0 Å². The highest BCUT2D eigenvalue weighted by atomic mass is 15.0. The predicted molar refractivity (Wildman–Crippen MR) is 74.3 cm³/mol. The Hall–Kier alpha value is -0.0800. The first-order valence-electron chi connectivity index (χ1n) is 7.66. The van der Waals surface area contributed by atoms with Crippen molar-refractivity contribution in [2.75, 3.05) is 26.2 Å². The third kappa shape index (κ3) is 3.45. The van der Waals surface area contributed by atoms with Gasteiger partial charge in [0, 0.05) is 19.6 Å². The molecule has 2 rings (SSSR count). The lowest BCUT2D eigenvalue weighted by Crippen LogP contribution is -2.46. The van der Waals surface area contributed by atoms with Gasteiger partial charge >= 0.3 is 0 Å². The first-order chi connectivity index (χ1) is 8.24. The first kappa shape index (κ1) is 13.4. The normalized spacial score (nSPS) is 31.4. The van der Waals surface area contributed by atoms with Crippen LogP contribution in [-0.4, -0.2) is 26.2 Å². The third-order valence-electron chi connectivity index (χ3n) is 5.05. The summed E-state index contributed by atoms with van der Waals surface area (Å²) < 4.78 is 0.